The summed E-state index contributed by atoms with van der Waals surface area (Å²) >= 11 is 0. The van der Waals surface area contributed by atoms with Gasteiger partial charge >= 0.3 is 0 Å². The number of carbonyl (C=O) groups excluding carboxylic acids is 1. The molecule has 0 saturated heterocycles. The Balaban J connectivity index is 1.27. The minimum atomic E-state index is -0.180. The molecular formula is C26H24N4O2. The lowest BCUT2D eigenvalue weighted by Gasteiger charge is -2.07. The minimum absolute atomic E-state index is 0.180. The van der Waals surface area contributed by atoms with E-state index >= 15 is 0 Å². The Bertz CT molecular complexity index is 1180. The Morgan fingerprint density at radius 3 is 2.53 bits per heavy atom. The highest BCUT2D eigenvalue weighted by Gasteiger charge is 2.02. The number of pyridine rings is 1. The number of carbonyl (C=O) groups is 1. The van der Waals surface area contributed by atoms with Gasteiger partial charge in [-0.1, -0.05) is 30.3 Å². The number of hydrogen-bond donors (Lipinski definition) is 1. The number of rotatable bonds is 8. The van der Waals surface area contributed by atoms with Crippen LogP contribution in [0.25, 0.3) is 6.08 Å². The molecule has 32 heavy (non-hydrogen) atoms. The Labute approximate surface area is 187 Å². The van der Waals surface area contributed by atoms with E-state index in [1.165, 1.54) is 6.08 Å². The maximum absolute atomic E-state index is 12.3. The summed E-state index contributed by atoms with van der Waals surface area (Å²) in [5, 5.41) is 2.88. The fourth-order valence-corrected chi connectivity index (χ4v) is 3.14. The van der Waals surface area contributed by atoms with Gasteiger partial charge in [0.25, 0.3) is 0 Å². The molecule has 0 spiro atoms. The molecule has 2 heterocycles. The van der Waals surface area contributed by atoms with E-state index in [0.29, 0.717) is 6.61 Å². The van der Waals surface area contributed by atoms with Gasteiger partial charge in [0.15, 0.2) is 0 Å². The summed E-state index contributed by atoms with van der Waals surface area (Å²) in [5.41, 5.74) is 3.83. The van der Waals surface area contributed by atoms with Gasteiger partial charge in [-0.25, -0.2) is 4.98 Å². The molecule has 6 nitrogen and oxygen atoms in total. The van der Waals surface area contributed by atoms with Gasteiger partial charge in [-0.05, 0) is 54.5 Å². The number of ether oxygens (including phenoxy) is 1. The van der Waals surface area contributed by atoms with E-state index in [0.717, 1.165) is 40.5 Å². The monoisotopic (exact) mass is 424 g/mol. The highest BCUT2D eigenvalue weighted by atomic mass is 16.5. The van der Waals surface area contributed by atoms with Crippen molar-refractivity contribution >= 4 is 17.7 Å². The molecule has 1 N–H and O–H groups in total. The molecule has 1 amide bonds. The van der Waals surface area contributed by atoms with Crippen LogP contribution in [-0.2, 0) is 17.9 Å². The molecule has 0 atom stereocenters. The van der Waals surface area contributed by atoms with Gasteiger partial charge in [0, 0.05) is 48.7 Å². The lowest BCUT2D eigenvalue weighted by Crippen LogP contribution is -2.08. The molecular weight excluding hydrogens is 400 g/mol. The quantitative estimate of drug-likeness (QED) is 0.410. The summed E-state index contributed by atoms with van der Waals surface area (Å²) in [6.45, 7) is 3.19. The first kappa shape index (κ1) is 21.1. The Morgan fingerprint density at radius 1 is 1.03 bits per heavy atom. The van der Waals surface area contributed by atoms with Crippen molar-refractivity contribution in [3.63, 3.8) is 0 Å². The highest BCUT2D eigenvalue weighted by molar-refractivity contribution is 6.01. The van der Waals surface area contributed by atoms with Crippen molar-refractivity contribution < 1.29 is 9.53 Å². The molecule has 0 aliphatic carbocycles. The third kappa shape index (κ3) is 5.92. The Hall–Kier alpha value is -4.19. The summed E-state index contributed by atoms with van der Waals surface area (Å²) in [6.07, 6.45) is 10.6. The molecule has 160 valence electrons. The van der Waals surface area contributed by atoms with Crippen molar-refractivity contribution in [3.8, 4) is 5.75 Å². The summed E-state index contributed by atoms with van der Waals surface area (Å²) in [4.78, 5) is 20.6. The number of hydrogen-bond acceptors (Lipinski definition) is 4. The van der Waals surface area contributed by atoms with Crippen LogP contribution in [-0.4, -0.2) is 20.4 Å². The normalized spacial score (nSPS) is 10.9. The lowest BCUT2D eigenvalue weighted by molar-refractivity contribution is -0.111. The number of anilines is 1. The number of benzene rings is 2. The zero-order valence-electron chi connectivity index (χ0n) is 17.8. The molecule has 0 radical (unpaired) electrons. The first-order valence-electron chi connectivity index (χ1n) is 10.3. The van der Waals surface area contributed by atoms with E-state index in [2.05, 4.69) is 19.9 Å². The van der Waals surface area contributed by atoms with E-state index in [1.54, 1.807) is 24.7 Å². The smallest absolute Gasteiger partial charge is 0.248 e. The van der Waals surface area contributed by atoms with Crippen LogP contribution in [0.1, 0.15) is 22.5 Å². The van der Waals surface area contributed by atoms with E-state index in [4.69, 9.17) is 4.74 Å². The van der Waals surface area contributed by atoms with Crippen LogP contribution in [0, 0.1) is 6.92 Å². The van der Waals surface area contributed by atoms with E-state index < -0.39 is 0 Å². The van der Waals surface area contributed by atoms with Crippen LogP contribution in [0.5, 0.6) is 5.75 Å². The van der Waals surface area contributed by atoms with Crippen molar-refractivity contribution in [1.82, 2.24) is 14.5 Å². The molecule has 4 rings (SSSR count). The van der Waals surface area contributed by atoms with Crippen molar-refractivity contribution in [2.75, 3.05) is 5.32 Å². The van der Waals surface area contributed by atoms with Gasteiger partial charge in [-0.3, -0.25) is 9.78 Å². The van der Waals surface area contributed by atoms with Crippen LogP contribution in [0.15, 0.2) is 91.5 Å². The van der Waals surface area contributed by atoms with E-state index in [-0.39, 0.29) is 5.91 Å². The van der Waals surface area contributed by atoms with Crippen molar-refractivity contribution in [2.24, 2.45) is 0 Å². The predicted octanol–water partition coefficient (Wildman–Crippen LogP) is 4.87. The van der Waals surface area contributed by atoms with Gasteiger partial charge in [0.05, 0.1) is 0 Å². The van der Waals surface area contributed by atoms with E-state index in [9.17, 15) is 4.79 Å². The molecule has 6 heteroatoms. The largest absolute Gasteiger partial charge is 0.489 e. The maximum Gasteiger partial charge on any atom is 0.248 e. The first-order chi connectivity index (χ1) is 15.7. The summed E-state index contributed by atoms with van der Waals surface area (Å²) in [5.74, 6) is 1.56. The summed E-state index contributed by atoms with van der Waals surface area (Å²) in [7, 11) is 0. The van der Waals surface area contributed by atoms with Crippen LogP contribution >= 0.6 is 0 Å². The number of imidazole rings is 1. The molecule has 0 aliphatic heterocycles. The first-order valence-corrected chi connectivity index (χ1v) is 10.3. The minimum Gasteiger partial charge on any atom is -0.489 e. The second-order valence-electron chi connectivity index (χ2n) is 7.34. The Morgan fingerprint density at radius 2 is 1.84 bits per heavy atom. The van der Waals surface area contributed by atoms with Gasteiger partial charge < -0.3 is 14.6 Å². The molecule has 0 fully saturated rings. The molecule has 0 aliphatic rings. The summed E-state index contributed by atoms with van der Waals surface area (Å²) < 4.78 is 7.83. The van der Waals surface area contributed by atoms with Crippen molar-refractivity contribution in [1.29, 1.82) is 0 Å². The molecule has 0 saturated carbocycles. The lowest BCUT2D eigenvalue weighted by atomic mass is 10.2. The third-order valence-corrected chi connectivity index (χ3v) is 4.93. The van der Waals surface area contributed by atoms with Crippen LogP contribution in [0.3, 0.4) is 0 Å². The number of aromatic nitrogens is 3. The van der Waals surface area contributed by atoms with Crippen molar-refractivity contribution in [3.05, 3.63) is 114 Å². The maximum atomic E-state index is 12.3. The van der Waals surface area contributed by atoms with Gasteiger partial charge in [-0.15, -0.1) is 0 Å². The topological polar surface area (TPSA) is 69.0 Å². The standard InChI is InChI=1S/C26H24N4O2/c1-20-28-15-16-30(20)18-22-4-9-24(10-5-22)29-26(31)13-8-21-6-11-25(12-7-21)32-19-23-3-2-14-27-17-23/h2-17H,18-19H2,1H3,(H,29,31)/b13-8+. The fraction of sp³-hybridized carbons (Fsp3) is 0.115. The second kappa shape index (κ2) is 10.2. The van der Waals surface area contributed by atoms with Gasteiger partial charge in [-0.2, -0.15) is 0 Å². The molecule has 0 unspecified atom stereocenters. The third-order valence-electron chi connectivity index (χ3n) is 4.93. The molecule has 4 aromatic rings. The van der Waals surface area contributed by atoms with Crippen LogP contribution in [0.4, 0.5) is 5.69 Å². The number of nitrogens with zero attached hydrogens (tertiary/aromatic N) is 3. The average Bonchev–Trinajstić information content (AvgIpc) is 3.23. The summed E-state index contributed by atoms with van der Waals surface area (Å²) in [6, 6.07) is 19.3. The van der Waals surface area contributed by atoms with E-state index in [1.807, 2.05) is 73.8 Å². The predicted molar refractivity (Wildman–Crippen MR) is 125 cm³/mol. The van der Waals surface area contributed by atoms with Crippen LogP contribution < -0.4 is 10.1 Å². The zero-order valence-corrected chi connectivity index (χ0v) is 17.8. The molecule has 2 aromatic carbocycles. The SMILES string of the molecule is Cc1nccn1Cc1ccc(NC(=O)/C=C/c2ccc(OCc3cccnc3)cc2)cc1. The Kier molecular flexibility index (Phi) is 6.72. The zero-order chi connectivity index (χ0) is 22.2. The van der Waals surface area contributed by atoms with Gasteiger partial charge in [0.1, 0.15) is 18.2 Å². The molecule has 0 bridgehead atoms. The number of nitrogens with one attached hydrogen (secondary N) is 1. The van der Waals surface area contributed by atoms with Gasteiger partial charge in [0.2, 0.25) is 5.91 Å². The second-order valence-corrected chi connectivity index (χ2v) is 7.34. The fourth-order valence-electron chi connectivity index (χ4n) is 3.14. The van der Waals surface area contributed by atoms with Crippen LogP contribution in [0.2, 0.25) is 0 Å². The number of amides is 1. The number of aryl methyl sites for hydroxylation is 1. The highest BCUT2D eigenvalue weighted by Crippen LogP contribution is 2.16. The average molecular weight is 425 g/mol. The van der Waals surface area contributed by atoms with Crippen molar-refractivity contribution in [2.45, 2.75) is 20.1 Å². The molecule has 2 aromatic heterocycles.